The van der Waals surface area contributed by atoms with Gasteiger partial charge in [0.1, 0.15) is 5.69 Å². The Morgan fingerprint density at radius 2 is 1.58 bits per heavy atom. The van der Waals surface area contributed by atoms with Gasteiger partial charge in [-0.25, -0.2) is 9.78 Å². The van der Waals surface area contributed by atoms with Crippen LogP contribution in [-0.4, -0.2) is 39.1 Å². The third kappa shape index (κ3) is 4.43. The standard InChI is InChI=1S/C29H25N5O2/c35-29(31-25-13-7-5-11-23(25)20-8-2-1-3-9-20)34-18-16-22(17-19-34)28-32-27(33-36-28)26-15-14-21-10-4-6-12-24(21)30-26/h1-15,22H,16-19H2,(H,31,35). The minimum Gasteiger partial charge on any atom is -0.339 e. The van der Waals surface area contributed by atoms with Gasteiger partial charge in [0, 0.05) is 30.0 Å². The van der Waals surface area contributed by atoms with Crippen molar-refractivity contribution in [2.24, 2.45) is 0 Å². The number of nitrogens with zero attached hydrogens (tertiary/aromatic N) is 4. The van der Waals surface area contributed by atoms with E-state index in [1.165, 1.54) is 0 Å². The number of rotatable bonds is 4. The first-order valence-corrected chi connectivity index (χ1v) is 12.1. The van der Waals surface area contributed by atoms with E-state index in [0.29, 0.717) is 30.5 Å². The third-order valence-electron chi connectivity index (χ3n) is 6.65. The molecule has 3 aromatic carbocycles. The molecule has 6 rings (SSSR count). The van der Waals surface area contributed by atoms with Crippen LogP contribution in [0, 0.1) is 0 Å². The van der Waals surface area contributed by atoms with Crippen LogP contribution < -0.4 is 5.32 Å². The molecule has 1 aliphatic rings. The van der Waals surface area contributed by atoms with Crippen molar-refractivity contribution in [2.75, 3.05) is 18.4 Å². The van der Waals surface area contributed by atoms with Crippen molar-refractivity contribution in [1.82, 2.24) is 20.0 Å². The number of carbonyl (C=O) groups excluding carboxylic acids is 1. The molecule has 2 amide bonds. The number of anilines is 1. The Balaban J connectivity index is 1.11. The quantitative estimate of drug-likeness (QED) is 0.327. The fraction of sp³-hybridized carbons (Fsp3) is 0.172. The number of benzene rings is 3. The lowest BCUT2D eigenvalue weighted by atomic mass is 9.97. The van der Waals surface area contributed by atoms with Crippen molar-refractivity contribution in [3.05, 3.63) is 96.9 Å². The van der Waals surface area contributed by atoms with Crippen LogP contribution in [-0.2, 0) is 0 Å². The van der Waals surface area contributed by atoms with Gasteiger partial charge in [0.25, 0.3) is 0 Å². The maximum Gasteiger partial charge on any atom is 0.321 e. The van der Waals surface area contributed by atoms with Crippen molar-refractivity contribution in [2.45, 2.75) is 18.8 Å². The van der Waals surface area contributed by atoms with Gasteiger partial charge < -0.3 is 14.7 Å². The predicted molar refractivity (Wildman–Crippen MR) is 139 cm³/mol. The minimum absolute atomic E-state index is 0.0941. The van der Waals surface area contributed by atoms with Gasteiger partial charge in [0.15, 0.2) is 0 Å². The number of likely N-dealkylation sites (tertiary alicyclic amines) is 1. The SMILES string of the molecule is O=C(Nc1ccccc1-c1ccccc1)N1CCC(c2nc(-c3ccc4ccccc4n3)no2)CC1. The van der Waals surface area contributed by atoms with Gasteiger partial charge in [-0.15, -0.1) is 0 Å². The maximum absolute atomic E-state index is 13.0. The van der Waals surface area contributed by atoms with Crippen molar-refractivity contribution in [3.63, 3.8) is 0 Å². The molecular formula is C29H25N5O2. The number of hydrogen-bond acceptors (Lipinski definition) is 5. The Hall–Kier alpha value is -4.52. The van der Waals surface area contributed by atoms with Gasteiger partial charge in [-0.1, -0.05) is 78.0 Å². The average Bonchev–Trinajstić information content (AvgIpc) is 3.44. The lowest BCUT2D eigenvalue weighted by molar-refractivity contribution is 0.187. The number of fused-ring (bicyclic) bond motifs is 1. The average molecular weight is 476 g/mol. The number of urea groups is 1. The van der Waals surface area contributed by atoms with Crippen molar-refractivity contribution >= 4 is 22.6 Å². The molecule has 0 unspecified atom stereocenters. The summed E-state index contributed by atoms with van der Waals surface area (Å²) in [4.78, 5) is 24.2. The van der Waals surface area contributed by atoms with Gasteiger partial charge in [-0.2, -0.15) is 4.98 Å². The van der Waals surface area contributed by atoms with Crippen molar-refractivity contribution < 1.29 is 9.32 Å². The van der Waals surface area contributed by atoms with Crippen LogP contribution in [0.5, 0.6) is 0 Å². The molecular weight excluding hydrogens is 450 g/mol. The van der Waals surface area contributed by atoms with Crippen LogP contribution in [0.25, 0.3) is 33.5 Å². The van der Waals surface area contributed by atoms with Gasteiger partial charge in [-0.3, -0.25) is 0 Å². The Kier molecular flexibility index (Phi) is 5.87. The zero-order chi connectivity index (χ0) is 24.3. The number of para-hydroxylation sites is 2. The fourth-order valence-corrected chi connectivity index (χ4v) is 4.68. The Bertz CT molecular complexity index is 1510. The molecule has 0 saturated carbocycles. The van der Waals surface area contributed by atoms with Crippen LogP contribution in [0.3, 0.4) is 0 Å². The second-order valence-electron chi connectivity index (χ2n) is 8.95. The lowest BCUT2D eigenvalue weighted by Crippen LogP contribution is -2.40. The zero-order valence-corrected chi connectivity index (χ0v) is 19.7. The first-order valence-electron chi connectivity index (χ1n) is 12.1. The molecule has 0 bridgehead atoms. The number of carbonyl (C=O) groups is 1. The highest BCUT2D eigenvalue weighted by molar-refractivity contribution is 5.94. The number of nitrogens with one attached hydrogen (secondary N) is 1. The van der Waals surface area contributed by atoms with Crippen LogP contribution in [0.1, 0.15) is 24.7 Å². The first-order chi connectivity index (χ1) is 17.7. The molecule has 1 aliphatic heterocycles. The second-order valence-corrected chi connectivity index (χ2v) is 8.95. The summed E-state index contributed by atoms with van der Waals surface area (Å²) in [5.41, 5.74) is 4.47. The van der Waals surface area contributed by atoms with Crippen molar-refractivity contribution in [1.29, 1.82) is 0 Å². The summed E-state index contributed by atoms with van der Waals surface area (Å²) < 4.78 is 5.61. The number of piperidine rings is 1. The molecule has 0 aliphatic carbocycles. The molecule has 1 fully saturated rings. The van der Waals surface area contributed by atoms with E-state index in [1.54, 1.807) is 0 Å². The van der Waals surface area contributed by atoms with Crippen LogP contribution in [0.15, 0.2) is 95.5 Å². The van der Waals surface area contributed by atoms with E-state index in [1.807, 2.05) is 95.9 Å². The summed E-state index contributed by atoms with van der Waals surface area (Å²) >= 11 is 0. The molecule has 1 N–H and O–H groups in total. The number of hydrogen-bond donors (Lipinski definition) is 1. The minimum atomic E-state index is -0.0941. The number of amides is 2. The third-order valence-corrected chi connectivity index (χ3v) is 6.65. The predicted octanol–water partition coefficient (Wildman–Crippen LogP) is 6.36. The lowest BCUT2D eigenvalue weighted by Gasteiger charge is -2.30. The summed E-state index contributed by atoms with van der Waals surface area (Å²) in [5, 5.41) is 8.35. The van der Waals surface area contributed by atoms with Gasteiger partial charge in [0.2, 0.25) is 11.7 Å². The molecule has 0 spiro atoms. The summed E-state index contributed by atoms with van der Waals surface area (Å²) in [6.45, 7) is 1.24. The van der Waals surface area contributed by atoms with E-state index in [4.69, 9.17) is 4.52 Å². The van der Waals surface area contributed by atoms with Gasteiger partial charge >= 0.3 is 6.03 Å². The van der Waals surface area contributed by atoms with E-state index in [-0.39, 0.29) is 11.9 Å². The van der Waals surface area contributed by atoms with E-state index in [0.717, 1.165) is 40.6 Å². The first kappa shape index (κ1) is 22.0. The zero-order valence-electron chi connectivity index (χ0n) is 19.7. The molecule has 5 aromatic rings. The molecule has 2 aromatic heterocycles. The second kappa shape index (κ2) is 9.62. The molecule has 0 radical (unpaired) electrons. The van der Waals surface area contributed by atoms with Crippen LogP contribution >= 0.6 is 0 Å². The number of aromatic nitrogens is 3. The monoisotopic (exact) mass is 475 g/mol. The largest absolute Gasteiger partial charge is 0.339 e. The van der Waals surface area contributed by atoms with E-state index >= 15 is 0 Å². The fourth-order valence-electron chi connectivity index (χ4n) is 4.68. The highest BCUT2D eigenvalue weighted by atomic mass is 16.5. The van der Waals surface area contributed by atoms with E-state index in [9.17, 15) is 4.79 Å². The molecule has 3 heterocycles. The maximum atomic E-state index is 13.0. The molecule has 1 saturated heterocycles. The topological polar surface area (TPSA) is 84.2 Å². The molecule has 36 heavy (non-hydrogen) atoms. The summed E-state index contributed by atoms with van der Waals surface area (Å²) in [6, 6.07) is 29.7. The number of pyridine rings is 1. The Morgan fingerprint density at radius 1 is 0.833 bits per heavy atom. The molecule has 7 heteroatoms. The molecule has 7 nitrogen and oxygen atoms in total. The molecule has 178 valence electrons. The van der Waals surface area contributed by atoms with E-state index in [2.05, 4.69) is 20.4 Å². The van der Waals surface area contributed by atoms with Gasteiger partial charge in [-0.05, 0) is 36.6 Å². The Labute approximate surface area is 208 Å². The summed E-state index contributed by atoms with van der Waals surface area (Å²) in [6.07, 6.45) is 1.53. The van der Waals surface area contributed by atoms with Crippen molar-refractivity contribution in [3.8, 4) is 22.6 Å². The van der Waals surface area contributed by atoms with Gasteiger partial charge in [0.05, 0.1) is 11.2 Å². The van der Waals surface area contributed by atoms with E-state index < -0.39 is 0 Å². The highest BCUT2D eigenvalue weighted by Gasteiger charge is 2.28. The normalized spacial score (nSPS) is 14.2. The molecule has 0 atom stereocenters. The smallest absolute Gasteiger partial charge is 0.321 e. The van der Waals surface area contributed by atoms with Crippen LogP contribution in [0.4, 0.5) is 10.5 Å². The summed E-state index contributed by atoms with van der Waals surface area (Å²) in [7, 11) is 0. The summed E-state index contributed by atoms with van der Waals surface area (Å²) in [5.74, 6) is 1.22. The van der Waals surface area contributed by atoms with Crippen LogP contribution in [0.2, 0.25) is 0 Å². The Morgan fingerprint density at radius 3 is 2.44 bits per heavy atom. The highest BCUT2D eigenvalue weighted by Crippen LogP contribution is 2.31.